The monoisotopic (exact) mass is 431 g/mol. The second-order valence-electron chi connectivity index (χ2n) is 7.05. The Morgan fingerprint density at radius 1 is 1.07 bits per heavy atom. The highest BCUT2D eigenvalue weighted by atomic mass is 32.1. The number of nitrogens with zero attached hydrogens (tertiary/aromatic N) is 1. The molecular formula is C22H29N3O4S. The number of amides is 2. The van der Waals surface area contributed by atoms with Crippen molar-refractivity contribution in [1.82, 2.24) is 4.90 Å². The van der Waals surface area contributed by atoms with Gasteiger partial charge in [0.1, 0.15) is 5.00 Å². The zero-order valence-corrected chi connectivity index (χ0v) is 18.9. The molecule has 1 aromatic carbocycles. The average Bonchev–Trinajstić information content (AvgIpc) is 3.08. The molecule has 30 heavy (non-hydrogen) atoms. The minimum absolute atomic E-state index is 0.0157. The van der Waals surface area contributed by atoms with Gasteiger partial charge in [0.2, 0.25) is 11.8 Å². The first-order chi connectivity index (χ1) is 14.2. The van der Waals surface area contributed by atoms with E-state index >= 15 is 0 Å². The molecule has 7 nitrogen and oxygen atoms in total. The Morgan fingerprint density at radius 2 is 1.73 bits per heavy atom. The Hall–Kier alpha value is -2.71. The van der Waals surface area contributed by atoms with Crippen LogP contribution in [-0.4, -0.2) is 49.4 Å². The van der Waals surface area contributed by atoms with Gasteiger partial charge in [-0.1, -0.05) is 19.1 Å². The van der Waals surface area contributed by atoms with Crippen molar-refractivity contribution in [2.75, 3.05) is 37.4 Å². The maximum absolute atomic E-state index is 12.5. The summed E-state index contributed by atoms with van der Waals surface area (Å²) in [5, 5.41) is 6.14. The molecule has 0 saturated heterocycles. The molecule has 0 bridgehead atoms. The van der Waals surface area contributed by atoms with Crippen molar-refractivity contribution in [1.29, 1.82) is 0 Å². The van der Waals surface area contributed by atoms with Gasteiger partial charge < -0.3 is 15.4 Å². The summed E-state index contributed by atoms with van der Waals surface area (Å²) in [6.45, 7) is 8.01. The number of rotatable bonds is 9. The molecule has 162 valence electrons. The van der Waals surface area contributed by atoms with Crippen LogP contribution in [0, 0.1) is 13.8 Å². The molecule has 0 aliphatic heterocycles. The summed E-state index contributed by atoms with van der Waals surface area (Å²) in [6.07, 6.45) is 0.755. The van der Waals surface area contributed by atoms with E-state index in [-0.39, 0.29) is 31.5 Å². The highest BCUT2D eigenvalue weighted by molar-refractivity contribution is 7.16. The Bertz CT molecular complexity index is 923. The molecule has 0 unspecified atom stereocenters. The fraction of sp³-hybridized carbons (Fsp3) is 0.409. The van der Waals surface area contributed by atoms with Gasteiger partial charge in [0.25, 0.3) is 0 Å². The molecule has 8 heteroatoms. The third kappa shape index (κ3) is 6.40. The number of carbonyl (C=O) groups is 3. The van der Waals surface area contributed by atoms with Gasteiger partial charge in [-0.15, -0.1) is 11.3 Å². The van der Waals surface area contributed by atoms with Crippen LogP contribution in [-0.2, 0) is 20.7 Å². The van der Waals surface area contributed by atoms with E-state index in [0.717, 1.165) is 28.1 Å². The first kappa shape index (κ1) is 23.6. The van der Waals surface area contributed by atoms with Gasteiger partial charge in [-0.25, -0.2) is 4.79 Å². The molecule has 2 N–H and O–H groups in total. The number of hydrogen-bond acceptors (Lipinski definition) is 6. The van der Waals surface area contributed by atoms with E-state index in [2.05, 4.69) is 10.6 Å². The Morgan fingerprint density at radius 3 is 2.37 bits per heavy atom. The minimum Gasteiger partial charge on any atom is -0.462 e. The van der Waals surface area contributed by atoms with E-state index in [9.17, 15) is 14.4 Å². The smallest absolute Gasteiger partial charge is 0.341 e. The lowest BCUT2D eigenvalue weighted by Gasteiger charge is -2.17. The molecule has 2 amide bonds. The SMILES string of the molecule is CCOC(=O)c1cc(CC)sc1NC(=O)CN(C)CC(=O)Nc1cccc(C)c1C. The van der Waals surface area contributed by atoms with Gasteiger partial charge in [-0.3, -0.25) is 14.5 Å². The van der Waals surface area contributed by atoms with E-state index in [1.54, 1.807) is 24.9 Å². The average molecular weight is 432 g/mol. The Balaban J connectivity index is 1.94. The van der Waals surface area contributed by atoms with Crippen LogP contribution in [0.4, 0.5) is 10.7 Å². The van der Waals surface area contributed by atoms with Crippen LogP contribution in [0.15, 0.2) is 24.3 Å². The molecule has 0 aliphatic carbocycles. The molecule has 0 aliphatic rings. The van der Waals surface area contributed by atoms with Crippen LogP contribution < -0.4 is 10.6 Å². The number of hydrogen-bond donors (Lipinski definition) is 2. The van der Waals surface area contributed by atoms with E-state index in [0.29, 0.717) is 10.6 Å². The molecule has 0 saturated carbocycles. The third-order valence-electron chi connectivity index (χ3n) is 4.59. The van der Waals surface area contributed by atoms with Gasteiger partial charge in [-0.05, 0) is 57.5 Å². The van der Waals surface area contributed by atoms with Gasteiger partial charge in [0.05, 0.1) is 25.3 Å². The number of benzene rings is 1. The standard InChI is InChI=1S/C22H29N3O4S/c1-6-16-11-17(22(28)29-7-2)21(30-16)24-20(27)13-25(5)12-19(26)23-18-10-8-9-14(3)15(18)4/h8-11H,6-7,12-13H2,1-5H3,(H,23,26)(H,24,27). The van der Waals surface area contributed by atoms with Crippen molar-refractivity contribution in [2.45, 2.75) is 34.1 Å². The number of carbonyl (C=O) groups excluding carboxylic acids is 3. The number of aryl methyl sites for hydroxylation is 2. The van der Waals surface area contributed by atoms with Crippen LogP contribution in [0.25, 0.3) is 0 Å². The molecule has 2 rings (SSSR count). The Labute approximate surface area is 181 Å². The molecule has 2 aromatic rings. The fourth-order valence-electron chi connectivity index (χ4n) is 2.86. The summed E-state index contributed by atoms with van der Waals surface area (Å²) in [5.74, 6) is -0.951. The van der Waals surface area contributed by atoms with Crippen molar-refractivity contribution in [3.8, 4) is 0 Å². The molecule has 0 radical (unpaired) electrons. The highest BCUT2D eigenvalue weighted by Gasteiger charge is 2.19. The van der Waals surface area contributed by atoms with Crippen molar-refractivity contribution in [3.63, 3.8) is 0 Å². The van der Waals surface area contributed by atoms with E-state index < -0.39 is 5.97 Å². The third-order valence-corrected chi connectivity index (χ3v) is 5.78. The molecule has 1 heterocycles. The number of thiophene rings is 1. The Kier molecular flexibility index (Phi) is 8.56. The zero-order chi connectivity index (χ0) is 22.3. The van der Waals surface area contributed by atoms with Crippen molar-refractivity contribution in [2.24, 2.45) is 0 Å². The molecule has 0 atom stereocenters. The van der Waals surface area contributed by atoms with E-state index in [4.69, 9.17) is 4.74 Å². The van der Waals surface area contributed by atoms with Crippen molar-refractivity contribution >= 4 is 39.8 Å². The second-order valence-corrected chi connectivity index (χ2v) is 8.18. The summed E-state index contributed by atoms with van der Waals surface area (Å²) in [7, 11) is 1.69. The van der Waals surface area contributed by atoms with Gasteiger partial charge in [-0.2, -0.15) is 0 Å². The summed E-state index contributed by atoms with van der Waals surface area (Å²) in [5.41, 5.74) is 3.24. The largest absolute Gasteiger partial charge is 0.462 e. The zero-order valence-electron chi connectivity index (χ0n) is 18.1. The van der Waals surface area contributed by atoms with Crippen molar-refractivity contribution < 1.29 is 19.1 Å². The lowest BCUT2D eigenvalue weighted by atomic mass is 10.1. The molecule has 0 spiro atoms. The highest BCUT2D eigenvalue weighted by Crippen LogP contribution is 2.29. The van der Waals surface area contributed by atoms with Crippen LogP contribution >= 0.6 is 11.3 Å². The maximum Gasteiger partial charge on any atom is 0.341 e. The lowest BCUT2D eigenvalue weighted by Crippen LogP contribution is -2.36. The quantitative estimate of drug-likeness (QED) is 0.592. The number of anilines is 2. The topological polar surface area (TPSA) is 87.7 Å². The number of nitrogens with one attached hydrogen (secondary N) is 2. The maximum atomic E-state index is 12.5. The minimum atomic E-state index is -0.454. The number of ether oxygens (including phenoxy) is 1. The van der Waals surface area contributed by atoms with Crippen LogP contribution in [0.2, 0.25) is 0 Å². The van der Waals surface area contributed by atoms with Gasteiger partial charge in [0, 0.05) is 10.6 Å². The first-order valence-corrected chi connectivity index (χ1v) is 10.7. The number of likely N-dealkylation sites (N-methyl/N-ethyl adjacent to an activating group) is 1. The van der Waals surface area contributed by atoms with Crippen LogP contribution in [0.5, 0.6) is 0 Å². The van der Waals surface area contributed by atoms with Gasteiger partial charge in [0.15, 0.2) is 0 Å². The summed E-state index contributed by atoms with van der Waals surface area (Å²) in [4.78, 5) is 39.5. The van der Waals surface area contributed by atoms with Crippen LogP contribution in [0.1, 0.15) is 40.2 Å². The normalized spacial score (nSPS) is 10.7. The first-order valence-electron chi connectivity index (χ1n) is 9.89. The van der Waals surface area contributed by atoms with E-state index in [1.807, 2.05) is 39.0 Å². The van der Waals surface area contributed by atoms with Crippen molar-refractivity contribution in [3.05, 3.63) is 45.8 Å². The summed E-state index contributed by atoms with van der Waals surface area (Å²) in [6, 6.07) is 7.48. The predicted molar refractivity (Wildman–Crippen MR) is 120 cm³/mol. The van der Waals surface area contributed by atoms with E-state index in [1.165, 1.54) is 11.3 Å². The molecule has 1 aromatic heterocycles. The van der Waals surface area contributed by atoms with Gasteiger partial charge >= 0.3 is 5.97 Å². The fourth-order valence-corrected chi connectivity index (χ4v) is 3.86. The molecule has 0 fully saturated rings. The molecular weight excluding hydrogens is 402 g/mol. The summed E-state index contributed by atoms with van der Waals surface area (Å²) < 4.78 is 5.07. The lowest BCUT2D eigenvalue weighted by molar-refractivity contribution is -0.119. The number of esters is 1. The summed E-state index contributed by atoms with van der Waals surface area (Å²) >= 11 is 1.36. The predicted octanol–water partition coefficient (Wildman–Crippen LogP) is 3.61. The van der Waals surface area contributed by atoms with Crippen LogP contribution in [0.3, 0.4) is 0 Å². The second kappa shape index (κ2) is 10.9.